The topological polar surface area (TPSA) is 0 Å². The lowest BCUT2D eigenvalue weighted by atomic mass is 9.92. The smallest absolute Gasteiger partial charge is 0.0406 e. The molecule has 0 unspecified atom stereocenters. The van der Waals surface area contributed by atoms with Crippen molar-refractivity contribution in [2.45, 2.75) is 13.8 Å². The van der Waals surface area contributed by atoms with E-state index in [0.29, 0.717) is 0 Å². The summed E-state index contributed by atoms with van der Waals surface area (Å²) < 4.78 is 0. The highest BCUT2D eigenvalue weighted by atomic mass is 14.3. The Hall–Kier alpha value is -3.82. The van der Waals surface area contributed by atoms with Crippen molar-refractivity contribution in [3.8, 4) is 23.0 Å². The first-order valence-electron chi connectivity index (χ1n) is 10.3. The number of aryl methyl sites for hydroxylation is 2. The van der Waals surface area contributed by atoms with Crippen molar-refractivity contribution in [1.29, 1.82) is 0 Å². The summed E-state index contributed by atoms with van der Waals surface area (Å²) in [6.45, 7) is 4.23. The van der Waals surface area contributed by atoms with Gasteiger partial charge in [0.1, 0.15) is 0 Å². The lowest BCUT2D eigenvalue weighted by Crippen LogP contribution is -1.91. The maximum atomic E-state index is 3.55. The largest absolute Gasteiger partial charge is 0.0616 e. The van der Waals surface area contributed by atoms with Gasteiger partial charge in [0, 0.05) is 16.7 Å². The van der Waals surface area contributed by atoms with E-state index in [9.17, 15) is 0 Å². The summed E-state index contributed by atoms with van der Waals surface area (Å²) in [4.78, 5) is 0. The molecule has 0 heteroatoms. The number of fused-ring (bicyclic) bond motifs is 3. The number of hydrogen-bond donors (Lipinski definition) is 0. The molecule has 0 aromatic heterocycles. The third-order valence-electron chi connectivity index (χ3n) is 5.62. The average molecular weight is 383 g/mol. The van der Waals surface area contributed by atoms with E-state index >= 15 is 0 Å². The zero-order valence-corrected chi connectivity index (χ0v) is 17.2. The highest BCUT2D eigenvalue weighted by molar-refractivity contribution is 6.13. The van der Waals surface area contributed by atoms with Crippen molar-refractivity contribution in [2.24, 2.45) is 0 Å². The van der Waals surface area contributed by atoms with Crippen LogP contribution in [0.5, 0.6) is 0 Å². The molecule has 0 radical (unpaired) electrons. The van der Waals surface area contributed by atoms with Crippen LogP contribution in [0.4, 0.5) is 0 Å². The standard InChI is InChI=1S/C30H22/c1-21-14-17-24(18-15-21)25(19-16-23-9-7-8-22(2)20-23)30-28-12-5-3-10-26(28)27-11-4-6-13-29(27)30/h3-15,17-18,20H,1-2H3. The predicted molar refractivity (Wildman–Crippen MR) is 127 cm³/mol. The van der Waals surface area contributed by atoms with Crippen molar-refractivity contribution >= 4 is 11.1 Å². The summed E-state index contributed by atoms with van der Waals surface area (Å²) in [5, 5.41) is 0. The lowest BCUT2D eigenvalue weighted by molar-refractivity contribution is 1.45. The van der Waals surface area contributed by atoms with Crippen LogP contribution in [0.15, 0.2) is 97.1 Å². The van der Waals surface area contributed by atoms with Gasteiger partial charge in [-0.05, 0) is 59.4 Å². The maximum absolute atomic E-state index is 3.55. The molecule has 1 aliphatic carbocycles. The number of allylic oxidation sites excluding steroid dienone is 1. The van der Waals surface area contributed by atoms with Gasteiger partial charge in [-0.2, -0.15) is 0 Å². The van der Waals surface area contributed by atoms with Crippen molar-refractivity contribution in [1.82, 2.24) is 0 Å². The molecule has 0 saturated carbocycles. The van der Waals surface area contributed by atoms with Crippen LogP contribution in [0.2, 0.25) is 0 Å². The second kappa shape index (κ2) is 7.54. The van der Waals surface area contributed by atoms with Crippen molar-refractivity contribution < 1.29 is 0 Å². The van der Waals surface area contributed by atoms with E-state index in [2.05, 4.69) is 123 Å². The van der Waals surface area contributed by atoms with E-state index in [4.69, 9.17) is 0 Å². The minimum Gasteiger partial charge on any atom is -0.0616 e. The highest BCUT2D eigenvalue weighted by Gasteiger charge is 2.25. The summed E-state index contributed by atoms with van der Waals surface area (Å²) in [5.74, 6) is 6.98. The van der Waals surface area contributed by atoms with Gasteiger partial charge in [0.25, 0.3) is 0 Å². The molecule has 0 spiro atoms. The number of hydrogen-bond acceptors (Lipinski definition) is 0. The molecule has 0 nitrogen and oxygen atoms in total. The minimum atomic E-state index is 1.04. The molecule has 5 rings (SSSR count). The Labute approximate surface area is 178 Å². The lowest BCUT2D eigenvalue weighted by Gasteiger charge is -2.10. The summed E-state index contributed by atoms with van der Waals surface area (Å²) >= 11 is 0. The van der Waals surface area contributed by atoms with Crippen LogP contribution in [0.25, 0.3) is 22.3 Å². The van der Waals surface area contributed by atoms with E-state index in [1.54, 1.807) is 0 Å². The van der Waals surface area contributed by atoms with Gasteiger partial charge in [0.2, 0.25) is 0 Å². The molecule has 0 atom stereocenters. The van der Waals surface area contributed by atoms with Crippen LogP contribution < -0.4 is 0 Å². The SMILES string of the molecule is Cc1ccc(C(C#Cc2cccc(C)c2)=C2c3ccccc3-c3ccccc32)cc1. The molecular weight excluding hydrogens is 360 g/mol. The van der Waals surface area contributed by atoms with Crippen molar-refractivity contribution in [3.63, 3.8) is 0 Å². The van der Waals surface area contributed by atoms with E-state index in [-0.39, 0.29) is 0 Å². The third kappa shape index (κ3) is 3.25. The minimum absolute atomic E-state index is 1.04. The molecule has 0 aliphatic heterocycles. The Kier molecular flexibility index (Phi) is 4.58. The molecule has 0 heterocycles. The molecule has 30 heavy (non-hydrogen) atoms. The first-order chi connectivity index (χ1) is 14.7. The second-order valence-electron chi connectivity index (χ2n) is 7.83. The fourth-order valence-electron chi connectivity index (χ4n) is 4.14. The van der Waals surface area contributed by atoms with Gasteiger partial charge in [-0.25, -0.2) is 0 Å². The van der Waals surface area contributed by atoms with Crippen molar-refractivity contribution in [3.05, 3.63) is 130 Å². The summed E-state index contributed by atoms with van der Waals surface area (Å²) in [6, 6.07) is 34.4. The Morgan fingerprint density at radius 3 is 1.77 bits per heavy atom. The molecule has 1 aliphatic rings. The first-order valence-corrected chi connectivity index (χ1v) is 10.3. The molecule has 0 amide bonds. The van der Waals surface area contributed by atoms with E-state index in [0.717, 1.165) is 16.7 Å². The van der Waals surface area contributed by atoms with Crippen LogP contribution >= 0.6 is 0 Å². The molecule has 4 aromatic rings. The second-order valence-corrected chi connectivity index (χ2v) is 7.83. The third-order valence-corrected chi connectivity index (χ3v) is 5.62. The monoisotopic (exact) mass is 382 g/mol. The summed E-state index contributed by atoms with van der Waals surface area (Å²) in [6.07, 6.45) is 0. The molecule has 0 fully saturated rings. The quantitative estimate of drug-likeness (QED) is 0.267. The van der Waals surface area contributed by atoms with Gasteiger partial charge < -0.3 is 0 Å². The van der Waals surface area contributed by atoms with E-state index in [1.165, 1.54) is 39.0 Å². The fraction of sp³-hybridized carbons (Fsp3) is 0.0667. The normalized spacial score (nSPS) is 11.3. The van der Waals surface area contributed by atoms with E-state index < -0.39 is 0 Å². The molecule has 4 aromatic carbocycles. The predicted octanol–water partition coefficient (Wildman–Crippen LogP) is 7.29. The van der Waals surface area contributed by atoms with Gasteiger partial charge in [0.05, 0.1) is 0 Å². The Morgan fingerprint density at radius 1 is 0.567 bits per heavy atom. The molecule has 0 N–H and O–H groups in total. The van der Waals surface area contributed by atoms with Crippen LogP contribution in [-0.4, -0.2) is 0 Å². The summed E-state index contributed by atoms with van der Waals surface area (Å²) in [5.41, 5.74) is 12.1. The zero-order chi connectivity index (χ0) is 20.5. The fourth-order valence-corrected chi connectivity index (χ4v) is 4.14. The Balaban J connectivity index is 1.81. The van der Waals surface area contributed by atoms with Crippen LogP contribution in [0.1, 0.15) is 33.4 Å². The van der Waals surface area contributed by atoms with Crippen LogP contribution in [0.3, 0.4) is 0 Å². The van der Waals surface area contributed by atoms with Crippen LogP contribution in [-0.2, 0) is 0 Å². The Morgan fingerprint density at radius 2 is 1.17 bits per heavy atom. The molecule has 142 valence electrons. The van der Waals surface area contributed by atoms with Gasteiger partial charge in [-0.3, -0.25) is 0 Å². The van der Waals surface area contributed by atoms with Gasteiger partial charge in [-0.1, -0.05) is 102 Å². The molecule has 0 bridgehead atoms. The summed E-state index contributed by atoms with van der Waals surface area (Å²) in [7, 11) is 0. The molecular formula is C30H22. The zero-order valence-electron chi connectivity index (χ0n) is 17.2. The maximum Gasteiger partial charge on any atom is 0.0406 e. The van der Waals surface area contributed by atoms with E-state index in [1.807, 2.05) is 0 Å². The van der Waals surface area contributed by atoms with Gasteiger partial charge in [0.15, 0.2) is 0 Å². The van der Waals surface area contributed by atoms with Crippen LogP contribution in [0, 0.1) is 25.7 Å². The average Bonchev–Trinajstić information content (AvgIpc) is 3.10. The van der Waals surface area contributed by atoms with Gasteiger partial charge in [-0.15, -0.1) is 0 Å². The number of rotatable bonds is 1. The Bertz CT molecular complexity index is 1290. The number of benzene rings is 4. The molecule has 0 saturated heterocycles. The van der Waals surface area contributed by atoms with Gasteiger partial charge >= 0.3 is 0 Å². The van der Waals surface area contributed by atoms with Crippen molar-refractivity contribution in [2.75, 3.05) is 0 Å². The highest BCUT2D eigenvalue weighted by Crippen LogP contribution is 2.47. The first kappa shape index (κ1) is 18.2.